The number of allylic oxidation sites excluding steroid dienone is 1. The summed E-state index contributed by atoms with van der Waals surface area (Å²) in [6.45, 7) is 3.64. The standard InChI is InChI=1S/C32H31F4N7O3/c1-42-13-15-43(16-14-42)21-4-2-3-20(17-21)40-30-38-12-7-24(41-30)46-32(22-18-23(33)26(35)27(36)25(22)34)8-5-19(6-9-32)39-29(45)31(10-11-31)28(37)44/h2-8,12,17-18H,9-11,13-16H2,1H3,(H2,37,44)(H,39,45)(H,38,40,41). The van der Waals surface area contributed by atoms with Crippen molar-refractivity contribution in [2.45, 2.75) is 24.9 Å². The van der Waals surface area contributed by atoms with E-state index in [0.717, 1.165) is 31.9 Å². The molecule has 1 saturated carbocycles. The van der Waals surface area contributed by atoms with E-state index in [9.17, 15) is 22.8 Å². The molecule has 2 fully saturated rings. The Labute approximate surface area is 261 Å². The Morgan fingerprint density at radius 1 is 1.00 bits per heavy atom. The molecule has 0 spiro atoms. The first-order chi connectivity index (χ1) is 22.0. The topological polar surface area (TPSA) is 126 Å². The maximum absolute atomic E-state index is 15.2. The van der Waals surface area contributed by atoms with E-state index in [-0.39, 0.29) is 23.9 Å². The lowest BCUT2D eigenvalue weighted by molar-refractivity contribution is -0.134. The quantitative estimate of drug-likeness (QED) is 0.139. The lowest BCUT2D eigenvalue weighted by Gasteiger charge is -2.34. The Bertz CT molecular complexity index is 1760. The van der Waals surface area contributed by atoms with Gasteiger partial charge in [0.25, 0.3) is 0 Å². The van der Waals surface area contributed by atoms with Gasteiger partial charge < -0.3 is 30.9 Å². The molecule has 2 amide bonds. The number of primary amides is 1. The number of rotatable bonds is 9. The summed E-state index contributed by atoms with van der Waals surface area (Å²) < 4.78 is 64.1. The molecule has 1 saturated heterocycles. The molecule has 6 rings (SSSR count). The molecule has 1 unspecified atom stereocenters. The van der Waals surface area contributed by atoms with E-state index in [0.29, 0.717) is 24.6 Å². The third-order valence-electron chi connectivity index (χ3n) is 8.52. The molecule has 3 aliphatic rings. The predicted molar refractivity (Wildman–Crippen MR) is 161 cm³/mol. The van der Waals surface area contributed by atoms with Gasteiger partial charge in [0.2, 0.25) is 23.6 Å². The zero-order valence-electron chi connectivity index (χ0n) is 24.8. The molecule has 3 aromatic rings. The molecule has 10 nitrogen and oxygen atoms in total. The maximum Gasteiger partial charge on any atom is 0.240 e. The van der Waals surface area contributed by atoms with E-state index in [1.54, 1.807) is 0 Å². The summed E-state index contributed by atoms with van der Waals surface area (Å²) in [5, 5.41) is 5.72. The third kappa shape index (κ3) is 5.99. The van der Waals surface area contributed by atoms with Crippen LogP contribution in [0.5, 0.6) is 5.88 Å². The number of anilines is 3. The summed E-state index contributed by atoms with van der Waals surface area (Å²) in [7, 11) is 2.08. The molecule has 240 valence electrons. The minimum Gasteiger partial charge on any atom is -0.461 e. The van der Waals surface area contributed by atoms with Crippen LogP contribution >= 0.6 is 0 Å². The van der Waals surface area contributed by atoms with Gasteiger partial charge in [0.05, 0.1) is 0 Å². The van der Waals surface area contributed by atoms with Gasteiger partial charge in [-0.15, -0.1) is 0 Å². The number of piperazine rings is 1. The number of carbonyl (C=O) groups excluding carboxylic acids is 2. The number of likely N-dealkylation sites (N-methyl/N-ethyl adjacent to an activating group) is 1. The molecule has 0 bridgehead atoms. The normalized spacial score (nSPS) is 20.5. The average Bonchev–Trinajstić information content (AvgIpc) is 3.86. The van der Waals surface area contributed by atoms with Crippen molar-refractivity contribution in [3.8, 4) is 5.88 Å². The second-order valence-corrected chi connectivity index (χ2v) is 11.6. The largest absolute Gasteiger partial charge is 0.461 e. The van der Waals surface area contributed by atoms with Gasteiger partial charge in [-0.25, -0.2) is 22.5 Å². The monoisotopic (exact) mass is 637 g/mol. The highest BCUT2D eigenvalue weighted by molar-refractivity contribution is 6.07. The molecule has 4 N–H and O–H groups in total. The van der Waals surface area contributed by atoms with Crippen molar-refractivity contribution < 1.29 is 31.9 Å². The van der Waals surface area contributed by atoms with Crippen LogP contribution in [-0.4, -0.2) is 59.9 Å². The molecule has 1 aliphatic heterocycles. The van der Waals surface area contributed by atoms with Crippen LogP contribution in [0.3, 0.4) is 0 Å². The van der Waals surface area contributed by atoms with E-state index < -0.39 is 51.7 Å². The number of hydrogen-bond donors (Lipinski definition) is 3. The fourth-order valence-corrected chi connectivity index (χ4v) is 5.51. The molecule has 1 atom stereocenters. The Kier molecular flexibility index (Phi) is 8.15. The van der Waals surface area contributed by atoms with Crippen LogP contribution in [0.15, 0.2) is 66.5 Å². The van der Waals surface area contributed by atoms with Crippen LogP contribution in [0, 0.1) is 28.7 Å². The lowest BCUT2D eigenvalue weighted by Crippen LogP contribution is -2.44. The van der Waals surface area contributed by atoms with Gasteiger partial charge in [0.15, 0.2) is 28.9 Å². The zero-order valence-corrected chi connectivity index (χ0v) is 24.8. The number of nitrogens with zero attached hydrogens (tertiary/aromatic N) is 4. The van der Waals surface area contributed by atoms with E-state index in [4.69, 9.17) is 10.5 Å². The van der Waals surface area contributed by atoms with Gasteiger partial charge in [-0.1, -0.05) is 12.1 Å². The molecule has 1 aromatic heterocycles. The Hall–Kier alpha value is -4.98. The van der Waals surface area contributed by atoms with E-state index in [1.165, 1.54) is 30.5 Å². The molecule has 2 heterocycles. The highest BCUT2D eigenvalue weighted by atomic mass is 19.2. The van der Waals surface area contributed by atoms with E-state index in [2.05, 4.69) is 37.4 Å². The van der Waals surface area contributed by atoms with Crippen LogP contribution in [0.1, 0.15) is 24.8 Å². The minimum absolute atomic E-state index is 0.0894. The van der Waals surface area contributed by atoms with Crippen molar-refractivity contribution in [3.05, 3.63) is 95.4 Å². The number of carbonyl (C=O) groups is 2. The number of benzene rings is 2. The Morgan fingerprint density at radius 2 is 1.76 bits per heavy atom. The second-order valence-electron chi connectivity index (χ2n) is 11.6. The molecule has 14 heteroatoms. The number of halogens is 4. The van der Waals surface area contributed by atoms with Crippen molar-refractivity contribution in [1.29, 1.82) is 0 Å². The number of aromatic nitrogens is 2. The zero-order chi connectivity index (χ0) is 32.6. The number of amides is 2. The summed E-state index contributed by atoms with van der Waals surface area (Å²) in [5.41, 5.74) is 3.48. The summed E-state index contributed by atoms with van der Waals surface area (Å²) in [6, 6.07) is 9.60. The average molecular weight is 638 g/mol. The summed E-state index contributed by atoms with van der Waals surface area (Å²) in [4.78, 5) is 37.6. The van der Waals surface area contributed by atoms with Crippen molar-refractivity contribution in [2.75, 3.05) is 43.4 Å². The van der Waals surface area contributed by atoms with Crippen molar-refractivity contribution in [1.82, 2.24) is 20.2 Å². The Balaban J connectivity index is 1.26. The number of nitrogens with one attached hydrogen (secondary N) is 2. The van der Waals surface area contributed by atoms with Gasteiger partial charge in [-0.05, 0) is 56.3 Å². The maximum atomic E-state index is 15.2. The van der Waals surface area contributed by atoms with E-state index in [1.807, 2.05) is 24.3 Å². The number of nitrogens with two attached hydrogens (primary N) is 1. The van der Waals surface area contributed by atoms with Gasteiger partial charge >= 0.3 is 0 Å². The van der Waals surface area contributed by atoms with Crippen LogP contribution in [0.25, 0.3) is 0 Å². The molecule has 0 radical (unpaired) electrons. The first-order valence-electron chi connectivity index (χ1n) is 14.7. The first-order valence-corrected chi connectivity index (χ1v) is 14.7. The lowest BCUT2D eigenvalue weighted by atomic mass is 9.85. The van der Waals surface area contributed by atoms with E-state index >= 15 is 4.39 Å². The fraction of sp³-hybridized carbons (Fsp3) is 0.312. The fourth-order valence-electron chi connectivity index (χ4n) is 5.51. The highest BCUT2D eigenvalue weighted by Gasteiger charge is 2.55. The van der Waals surface area contributed by atoms with Crippen molar-refractivity contribution in [2.24, 2.45) is 11.1 Å². The van der Waals surface area contributed by atoms with Crippen LogP contribution in [-0.2, 0) is 15.2 Å². The molecule has 2 aliphatic carbocycles. The third-order valence-corrected chi connectivity index (χ3v) is 8.52. The second kappa shape index (κ2) is 12.1. The van der Waals surface area contributed by atoms with Crippen LogP contribution in [0.2, 0.25) is 0 Å². The highest BCUT2D eigenvalue weighted by Crippen LogP contribution is 2.46. The summed E-state index contributed by atoms with van der Waals surface area (Å²) in [6.07, 6.45) is 5.78. The number of ether oxygens (including phenoxy) is 1. The van der Waals surface area contributed by atoms with Crippen LogP contribution < -0.4 is 26.0 Å². The van der Waals surface area contributed by atoms with Gasteiger partial charge in [0, 0.05) is 67.5 Å². The predicted octanol–water partition coefficient (Wildman–Crippen LogP) is 4.03. The van der Waals surface area contributed by atoms with Crippen molar-refractivity contribution in [3.63, 3.8) is 0 Å². The van der Waals surface area contributed by atoms with Crippen LogP contribution in [0.4, 0.5) is 34.9 Å². The Morgan fingerprint density at radius 3 is 2.43 bits per heavy atom. The molecular formula is C32H31F4N7O3. The molecule has 46 heavy (non-hydrogen) atoms. The van der Waals surface area contributed by atoms with Gasteiger partial charge in [0.1, 0.15) is 5.41 Å². The first kappa shape index (κ1) is 31.0. The van der Waals surface area contributed by atoms with Gasteiger partial charge in [-0.3, -0.25) is 9.59 Å². The summed E-state index contributed by atoms with van der Waals surface area (Å²) >= 11 is 0. The molecule has 2 aromatic carbocycles. The van der Waals surface area contributed by atoms with Gasteiger partial charge in [-0.2, -0.15) is 4.98 Å². The van der Waals surface area contributed by atoms with Crippen molar-refractivity contribution >= 4 is 29.1 Å². The SMILES string of the molecule is CN1CCN(c2cccc(Nc3nccc(OC4(c5cc(F)c(F)c(F)c5F)C=CC(NC(=O)C5(C(N)=O)CC5)=CC4)n3)c2)CC1. The smallest absolute Gasteiger partial charge is 0.240 e. The summed E-state index contributed by atoms with van der Waals surface area (Å²) in [5.74, 6) is -8.54. The molecular weight excluding hydrogens is 606 g/mol. The number of hydrogen-bond acceptors (Lipinski definition) is 8. The minimum atomic E-state index is -2.00.